The quantitative estimate of drug-likeness (QED) is 0.421. The Morgan fingerprint density at radius 2 is 1.58 bits per heavy atom. The molecule has 0 atom stereocenters. The lowest BCUT2D eigenvalue weighted by atomic mass is 9.72. The number of ether oxygens (including phenoxy) is 3. The number of hydrogen-bond donors (Lipinski definition) is 0. The summed E-state index contributed by atoms with van der Waals surface area (Å²) < 4.78 is 15.4. The number of carbonyl (C=O) groups is 3. The topological polar surface area (TPSA) is 78.9 Å². The molecule has 0 bridgehead atoms. The zero-order chi connectivity index (χ0) is 17.7. The molecule has 0 saturated carbocycles. The molecule has 0 aromatic rings. The van der Waals surface area contributed by atoms with E-state index >= 15 is 0 Å². The summed E-state index contributed by atoms with van der Waals surface area (Å²) in [5, 5.41) is 0. The molecule has 0 saturated heterocycles. The molecule has 2 rings (SSSR count). The van der Waals surface area contributed by atoms with Gasteiger partial charge in [-0.3, -0.25) is 9.59 Å². The molecular weight excluding hydrogens is 312 g/mol. The van der Waals surface area contributed by atoms with Crippen molar-refractivity contribution in [2.75, 3.05) is 19.8 Å². The Bertz CT molecular complexity index is 581. The van der Waals surface area contributed by atoms with E-state index in [-0.39, 0.29) is 32.2 Å². The molecule has 2 aliphatic rings. The number of hydrogen-bond acceptors (Lipinski definition) is 6. The molecule has 0 aromatic heterocycles. The molecular formula is C18H24O6. The van der Waals surface area contributed by atoms with Crippen molar-refractivity contribution in [1.82, 2.24) is 0 Å². The maximum absolute atomic E-state index is 12.6. The van der Waals surface area contributed by atoms with Crippen LogP contribution in [0.5, 0.6) is 0 Å². The molecule has 0 spiro atoms. The van der Waals surface area contributed by atoms with Gasteiger partial charge in [-0.1, -0.05) is 6.08 Å². The average molecular weight is 336 g/mol. The second-order valence-corrected chi connectivity index (χ2v) is 5.82. The van der Waals surface area contributed by atoms with Gasteiger partial charge in [-0.25, -0.2) is 4.79 Å². The molecule has 0 unspecified atom stereocenters. The lowest BCUT2D eigenvalue weighted by molar-refractivity contribution is -0.172. The predicted octanol–water partition coefficient (Wildman–Crippen LogP) is 2.47. The normalized spacial score (nSPS) is 18.5. The van der Waals surface area contributed by atoms with E-state index in [1.807, 2.05) is 6.08 Å². The Balaban J connectivity index is 2.39. The number of allylic oxidation sites excluding steroid dienone is 3. The summed E-state index contributed by atoms with van der Waals surface area (Å²) in [6, 6.07) is 0. The number of rotatable bonds is 6. The van der Waals surface area contributed by atoms with E-state index in [9.17, 15) is 14.4 Å². The minimum Gasteiger partial charge on any atom is -0.465 e. The Morgan fingerprint density at radius 1 is 1.00 bits per heavy atom. The zero-order valence-electron chi connectivity index (χ0n) is 14.5. The summed E-state index contributed by atoms with van der Waals surface area (Å²) >= 11 is 0. The fourth-order valence-corrected chi connectivity index (χ4v) is 3.17. The van der Waals surface area contributed by atoms with Gasteiger partial charge in [0, 0.05) is 18.4 Å². The van der Waals surface area contributed by atoms with Crippen molar-refractivity contribution >= 4 is 17.9 Å². The summed E-state index contributed by atoms with van der Waals surface area (Å²) in [7, 11) is 0. The zero-order valence-corrected chi connectivity index (χ0v) is 14.5. The smallest absolute Gasteiger partial charge is 0.334 e. The molecule has 6 nitrogen and oxygen atoms in total. The van der Waals surface area contributed by atoms with Gasteiger partial charge in [-0.2, -0.15) is 0 Å². The van der Waals surface area contributed by atoms with Crippen LogP contribution >= 0.6 is 0 Å². The van der Waals surface area contributed by atoms with Crippen LogP contribution in [0.1, 0.15) is 46.5 Å². The van der Waals surface area contributed by atoms with E-state index < -0.39 is 17.4 Å². The van der Waals surface area contributed by atoms with Gasteiger partial charge in [-0.15, -0.1) is 0 Å². The summed E-state index contributed by atoms with van der Waals surface area (Å²) in [6.07, 6.45) is 3.51. The summed E-state index contributed by atoms with van der Waals surface area (Å²) in [5.74, 6) is -1.55. The van der Waals surface area contributed by atoms with Crippen molar-refractivity contribution in [2.24, 2.45) is 5.41 Å². The third-order valence-corrected chi connectivity index (χ3v) is 4.41. The lowest BCUT2D eigenvalue weighted by Gasteiger charge is -2.32. The Hall–Kier alpha value is -2.11. The minimum atomic E-state index is -1.39. The van der Waals surface area contributed by atoms with Gasteiger partial charge in [0.1, 0.15) is 0 Å². The molecule has 0 amide bonds. The van der Waals surface area contributed by atoms with Gasteiger partial charge in [0.2, 0.25) is 0 Å². The Kier molecular flexibility index (Phi) is 5.80. The molecule has 0 aromatic carbocycles. The molecule has 6 heteroatoms. The molecule has 0 heterocycles. The first kappa shape index (κ1) is 18.2. The van der Waals surface area contributed by atoms with Crippen LogP contribution in [0.4, 0.5) is 0 Å². The van der Waals surface area contributed by atoms with Crippen LogP contribution in [-0.4, -0.2) is 37.7 Å². The predicted molar refractivity (Wildman–Crippen MR) is 85.9 cm³/mol. The van der Waals surface area contributed by atoms with Crippen molar-refractivity contribution in [1.29, 1.82) is 0 Å². The highest BCUT2D eigenvalue weighted by Crippen LogP contribution is 2.48. The van der Waals surface area contributed by atoms with E-state index in [1.54, 1.807) is 20.8 Å². The maximum atomic E-state index is 12.6. The van der Waals surface area contributed by atoms with E-state index in [2.05, 4.69) is 0 Å². The number of fused-ring (bicyclic) bond motifs is 1. The van der Waals surface area contributed by atoms with Crippen LogP contribution in [0, 0.1) is 5.41 Å². The molecule has 132 valence electrons. The van der Waals surface area contributed by atoms with E-state index in [0.717, 1.165) is 11.1 Å². The van der Waals surface area contributed by atoms with Crippen molar-refractivity contribution in [3.63, 3.8) is 0 Å². The second kappa shape index (κ2) is 7.64. The van der Waals surface area contributed by atoms with Crippen LogP contribution in [0.25, 0.3) is 0 Å². The van der Waals surface area contributed by atoms with Crippen LogP contribution in [0.3, 0.4) is 0 Å². The van der Waals surface area contributed by atoms with Gasteiger partial charge in [0.05, 0.1) is 19.8 Å². The summed E-state index contributed by atoms with van der Waals surface area (Å²) in [5.41, 5.74) is 0.890. The fourth-order valence-electron chi connectivity index (χ4n) is 3.17. The van der Waals surface area contributed by atoms with Crippen LogP contribution in [-0.2, 0) is 28.6 Å². The lowest BCUT2D eigenvalue weighted by Crippen LogP contribution is -2.43. The van der Waals surface area contributed by atoms with Gasteiger partial charge in [-0.05, 0) is 44.8 Å². The highest BCUT2D eigenvalue weighted by atomic mass is 16.6. The highest BCUT2D eigenvalue weighted by molar-refractivity contribution is 6.02. The van der Waals surface area contributed by atoms with Crippen LogP contribution in [0.2, 0.25) is 0 Å². The van der Waals surface area contributed by atoms with E-state index in [0.29, 0.717) is 24.8 Å². The number of esters is 3. The molecule has 0 fully saturated rings. The third kappa shape index (κ3) is 3.23. The molecule has 0 aliphatic heterocycles. The van der Waals surface area contributed by atoms with Crippen LogP contribution in [0.15, 0.2) is 22.8 Å². The van der Waals surface area contributed by atoms with Gasteiger partial charge in [0.25, 0.3) is 0 Å². The molecule has 24 heavy (non-hydrogen) atoms. The third-order valence-electron chi connectivity index (χ3n) is 4.41. The first-order valence-electron chi connectivity index (χ1n) is 8.43. The molecule has 0 N–H and O–H groups in total. The fraction of sp³-hybridized carbons (Fsp3) is 0.611. The largest absolute Gasteiger partial charge is 0.465 e. The van der Waals surface area contributed by atoms with Crippen molar-refractivity contribution in [3.05, 3.63) is 22.8 Å². The van der Waals surface area contributed by atoms with E-state index in [4.69, 9.17) is 14.2 Å². The second-order valence-electron chi connectivity index (χ2n) is 5.82. The Morgan fingerprint density at radius 3 is 2.12 bits per heavy atom. The van der Waals surface area contributed by atoms with Crippen molar-refractivity contribution in [2.45, 2.75) is 46.5 Å². The van der Waals surface area contributed by atoms with Gasteiger partial charge in [0.15, 0.2) is 5.41 Å². The van der Waals surface area contributed by atoms with Crippen molar-refractivity contribution in [3.8, 4) is 0 Å². The van der Waals surface area contributed by atoms with Crippen molar-refractivity contribution < 1.29 is 28.6 Å². The van der Waals surface area contributed by atoms with E-state index in [1.165, 1.54) is 0 Å². The first-order chi connectivity index (χ1) is 11.5. The maximum Gasteiger partial charge on any atom is 0.334 e. The van der Waals surface area contributed by atoms with Crippen LogP contribution < -0.4 is 0 Å². The highest BCUT2D eigenvalue weighted by Gasteiger charge is 2.52. The standard InChI is InChI=1S/C18H24O6/c1-4-22-15(19)13-10-12-8-7-9-18(11-14(12)13,16(20)23-5-2)17(21)24-6-3/h8H,4-7,9-11H2,1-3H3. The van der Waals surface area contributed by atoms with Gasteiger partial charge >= 0.3 is 17.9 Å². The summed E-state index contributed by atoms with van der Waals surface area (Å²) in [6.45, 7) is 5.80. The first-order valence-corrected chi connectivity index (χ1v) is 8.43. The molecule has 0 radical (unpaired) electrons. The number of carbonyl (C=O) groups excluding carboxylic acids is 3. The molecule has 2 aliphatic carbocycles. The minimum absolute atomic E-state index is 0.130. The van der Waals surface area contributed by atoms with Gasteiger partial charge < -0.3 is 14.2 Å². The monoisotopic (exact) mass is 336 g/mol. The Labute approximate surface area is 141 Å². The summed E-state index contributed by atoms with van der Waals surface area (Å²) in [4.78, 5) is 37.2. The SMILES string of the molecule is CCOC(=O)C1=C2CC(C(=O)OCC)(C(=O)OCC)CCC=C2C1. The average Bonchev–Trinajstić information content (AvgIpc) is 2.67.